The summed E-state index contributed by atoms with van der Waals surface area (Å²) in [7, 11) is 0. The Balaban J connectivity index is 1.39. The molecule has 33 heavy (non-hydrogen) atoms. The number of ether oxygens (including phenoxy) is 2. The van der Waals surface area contributed by atoms with Crippen molar-refractivity contribution in [3.8, 4) is 11.5 Å². The van der Waals surface area contributed by atoms with Gasteiger partial charge in [0.05, 0.1) is 19.6 Å². The molecule has 2 amide bonds. The highest BCUT2D eigenvalue weighted by Gasteiger charge is 2.26. The predicted molar refractivity (Wildman–Crippen MR) is 128 cm³/mol. The molecule has 1 aliphatic heterocycles. The van der Waals surface area contributed by atoms with E-state index in [0.717, 1.165) is 16.5 Å². The summed E-state index contributed by atoms with van der Waals surface area (Å²) in [4.78, 5) is 32.7. The number of para-hydroxylation sites is 1. The maximum atomic E-state index is 13.0. The molecule has 1 aliphatic rings. The molecule has 4 rings (SSSR count). The number of aromatic nitrogens is 1. The Hall–Kier alpha value is -3.19. The molecule has 0 spiro atoms. The Labute approximate surface area is 198 Å². The molecule has 2 aromatic carbocycles. The second-order valence-corrected chi connectivity index (χ2v) is 8.31. The third-order valence-electron chi connectivity index (χ3n) is 5.72. The standard InChI is InChI=1S/C25H28ClN3O4/c1-3-32-22-7-5-6-17(24(22)33-4-2)16-23(30)28-10-12-29(13-11-28)25(31)21-15-18-14-19(26)8-9-20(18)27-21/h5-9,14-15,27H,3-4,10-13,16H2,1-2H3. The largest absolute Gasteiger partial charge is 0.490 e. The van der Waals surface area contributed by atoms with E-state index in [1.807, 2.05) is 50.2 Å². The average molecular weight is 470 g/mol. The van der Waals surface area contributed by atoms with Crippen molar-refractivity contribution in [3.05, 3.63) is 58.7 Å². The van der Waals surface area contributed by atoms with Crippen molar-refractivity contribution in [3.63, 3.8) is 0 Å². The van der Waals surface area contributed by atoms with Gasteiger partial charge in [-0.15, -0.1) is 0 Å². The molecule has 1 fully saturated rings. The lowest BCUT2D eigenvalue weighted by Crippen LogP contribution is -2.51. The second kappa shape index (κ2) is 10.2. The Morgan fingerprint density at radius 2 is 1.70 bits per heavy atom. The minimum absolute atomic E-state index is 0.0111. The van der Waals surface area contributed by atoms with Crippen LogP contribution >= 0.6 is 11.6 Å². The van der Waals surface area contributed by atoms with Crippen molar-refractivity contribution in [1.82, 2.24) is 14.8 Å². The van der Waals surface area contributed by atoms with Gasteiger partial charge in [0.2, 0.25) is 5.91 Å². The van der Waals surface area contributed by atoms with Crippen LogP contribution in [0.5, 0.6) is 11.5 Å². The Kier molecular flexibility index (Phi) is 7.08. The van der Waals surface area contributed by atoms with Crippen LogP contribution in [-0.2, 0) is 11.2 Å². The van der Waals surface area contributed by atoms with Crippen LogP contribution in [0.15, 0.2) is 42.5 Å². The molecule has 1 N–H and O–H groups in total. The summed E-state index contributed by atoms with van der Waals surface area (Å²) in [6, 6.07) is 12.9. The maximum Gasteiger partial charge on any atom is 0.270 e. The van der Waals surface area contributed by atoms with E-state index in [4.69, 9.17) is 21.1 Å². The molecule has 0 unspecified atom stereocenters. The van der Waals surface area contributed by atoms with Gasteiger partial charge in [-0.1, -0.05) is 23.7 Å². The number of hydrogen-bond acceptors (Lipinski definition) is 4. The van der Waals surface area contributed by atoms with Crippen molar-refractivity contribution in [1.29, 1.82) is 0 Å². The number of amides is 2. The Morgan fingerprint density at radius 3 is 2.42 bits per heavy atom. The minimum atomic E-state index is -0.0718. The Bertz CT molecular complexity index is 1150. The zero-order valence-corrected chi connectivity index (χ0v) is 19.7. The van der Waals surface area contributed by atoms with E-state index in [0.29, 0.717) is 61.6 Å². The van der Waals surface area contributed by atoms with Crippen LogP contribution in [0.1, 0.15) is 29.9 Å². The SMILES string of the molecule is CCOc1cccc(CC(=O)N2CCN(C(=O)c3cc4cc(Cl)ccc4[nH]3)CC2)c1OCC. The molecular weight excluding hydrogens is 442 g/mol. The van der Waals surface area contributed by atoms with E-state index in [1.54, 1.807) is 15.9 Å². The molecular formula is C25H28ClN3O4. The first kappa shape index (κ1) is 23.0. The fourth-order valence-corrected chi connectivity index (χ4v) is 4.28. The van der Waals surface area contributed by atoms with Crippen LogP contribution < -0.4 is 9.47 Å². The molecule has 0 atom stereocenters. The fraction of sp³-hybridized carbons (Fsp3) is 0.360. The number of nitrogens with one attached hydrogen (secondary N) is 1. The molecule has 7 nitrogen and oxygen atoms in total. The first-order chi connectivity index (χ1) is 16.0. The monoisotopic (exact) mass is 469 g/mol. The van der Waals surface area contributed by atoms with Crippen molar-refractivity contribution in [2.24, 2.45) is 0 Å². The number of H-pyrrole nitrogens is 1. The Morgan fingerprint density at radius 1 is 0.970 bits per heavy atom. The van der Waals surface area contributed by atoms with Crippen LogP contribution in [0, 0.1) is 0 Å². The lowest BCUT2D eigenvalue weighted by Gasteiger charge is -2.34. The lowest BCUT2D eigenvalue weighted by molar-refractivity contribution is -0.131. The van der Waals surface area contributed by atoms with Gasteiger partial charge in [-0.2, -0.15) is 0 Å². The number of benzene rings is 2. The van der Waals surface area contributed by atoms with E-state index in [-0.39, 0.29) is 18.2 Å². The lowest BCUT2D eigenvalue weighted by atomic mass is 10.1. The van der Waals surface area contributed by atoms with Crippen LogP contribution in [0.4, 0.5) is 0 Å². The number of halogens is 1. The van der Waals surface area contributed by atoms with Gasteiger partial charge in [0.1, 0.15) is 5.69 Å². The highest BCUT2D eigenvalue weighted by atomic mass is 35.5. The zero-order chi connectivity index (χ0) is 23.4. The number of piperazine rings is 1. The number of fused-ring (bicyclic) bond motifs is 1. The first-order valence-corrected chi connectivity index (χ1v) is 11.6. The molecule has 8 heteroatoms. The van der Waals surface area contributed by atoms with Crippen LogP contribution in [-0.4, -0.2) is 66.0 Å². The molecule has 174 valence electrons. The smallest absolute Gasteiger partial charge is 0.270 e. The van der Waals surface area contributed by atoms with Crippen LogP contribution in [0.25, 0.3) is 10.9 Å². The topological polar surface area (TPSA) is 74.9 Å². The molecule has 0 radical (unpaired) electrons. The number of aromatic amines is 1. The second-order valence-electron chi connectivity index (χ2n) is 7.87. The number of carbonyl (C=O) groups is 2. The quantitative estimate of drug-likeness (QED) is 0.564. The van der Waals surface area contributed by atoms with E-state index < -0.39 is 0 Å². The maximum absolute atomic E-state index is 13.0. The minimum Gasteiger partial charge on any atom is -0.490 e. The van der Waals surface area contributed by atoms with Crippen molar-refractivity contribution in [2.75, 3.05) is 39.4 Å². The zero-order valence-electron chi connectivity index (χ0n) is 18.9. The predicted octanol–water partition coefficient (Wildman–Crippen LogP) is 4.15. The summed E-state index contributed by atoms with van der Waals surface area (Å²) in [5, 5.41) is 1.53. The van der Waals surface area contributed by atoms with Gasteiger partial charge in [0.15, 0.2) is 11.5 Å². The van der Waals surface area contributed by atoms with E-state index in [9.17, 15) is 9.59 Å². The summed E-state index contributed by atoms with van der Waals surface area (Å²) in [6.45, 7) is 6.79. The molecule has 0 aliphatic carbocycles. The number of hydrogen-bond donors (Lipinski definition) is 1. The molecule has 0 bridgehead atoms. The van der Waals surface area contributed by atoms with Gasteiger partial charge < -0.3 is 24.3 Å². The molecule has 3 aromatic rings. The number of rotatable bonds is 7. The van der Waals surface area contributed by atoms with Crippen LogP contribution in [0.3, 0.4) is 0 Å². The summed E-state index contributed by atoms with van der Waals surface area (Å²) >= 11 is 6.05. The summed E-state index contributed by atoms with van der Waals surface area (Å²) in [5.74, 6) is 1.22. The number of carbonyl (C=O) groups excluding carboxylic acids is 2. The molecule has 1 aromatic heterocycles. The van der Waals surface area contributed by atoms with Crippen molar-refractivity contribution >= 4 is 34.3 Å². The van der Waals surface area contributed by atoms with Gasteiger partial charge in [-0.25, -0.2) is 0 Å². The third-order valence-corrected chi connectivity index (χ3v) is 5.96. The van der Waals surface area contributed by atoms with E-state index in [1.165, 1.54) is 0 Å². The van der Waals surface area contributed by atoms with E-state index in [2.05, 4.69) is 4.98 Å². The van der Waals surface area contributed by atoms with Gasteiger partial charge in [-0.05, 0) is 44.2 Å². The van der Waals surface area contributed by atoms with Crippen molar-refractivity contribution in [2.45, 2.75) is 20.3 Å². The number of nitrogens with zero attached hydrogens (tertiary/aromatic N) is 2. The first-order valence-electron chi connectivity index (χ1n) is 11.2. The average Bonchev–Trinajstić information content (AvgIpc) is 3.24. The fourth-order valence-electron chi connectivity index (χ4n) is 4.10. The third kappa shape index (κ3) is 5.09. The summed E-state index contributed by atoms with van der Waals surface area (Å²) in [6.07, 6.45) is 0.229. The summed E-state index contributed by atoms with van der Waals surface area (Å²) in [5.41, 5.74) is 2.21. The molecule has 0 saturated carbocycles. The normalized spacial score (nSPS) is 13.9. The van der Waals surface area contributed by atoms with Crippen LogP contribution in [0.2, 0.25) is 5.02 Å². The highest BCUT2D eigenvalue weighted by molar-refractivity contribution is 6.31. The van der Waals surface area contributed by atoms with Crippen molar-refractivity contribution < 1.29 is 19.1 Å². The summed E-state index contributed by atoms with van der Waals surface area (Å²) < 4.78 is 11.4. The van der Waals surface area contributed by atoms with Gasteiger partial charge in [0.25, 0.3) is 5.91 Å². The molecule has 2 heterocycles. The van der Waals surface area contributed by atoms with E-state index >= 15 is 0 Å². The van der Waals surface area contributed by atoms with Gasteiger partial charge in [0, 0.05) is 47.7 Å². The van der Waals surface area contributed by atoms with Gasteiger partial charge >= 0.3 is 0 Å². The molecule has 1 saturated heterocycles. The highest BCUT2D eigenvalue weighted by Crippen LogP contribution is 2.32. The van der Waals surface area contributed by atoms with Gasteiger partial charge in [-0.3, -0.25) is 9.59 Å².